The number of nitrogens with zero attached hydrogens (tertiary/aromatic N) is 2. The van der Waals surface area contributed by atoms with Crippen molar-refractivity contribution in [1.82, 2.24) is 9.78 Å². The van der Waals surface area contributed by atoms with Gasteiger partial charge in [0.05, 0.1) is 12.2 Å². The van der Waals surface area contributed by atoms with E-state index in [1.807, 2.05) is 51.1 Å². The second kappa shape index (κ2) is 8.52. The highest BCUT2D eigenvalue weighted by Crippen LogP contribution is 2.22. The molecule has 0 aliphatic carbocycles. The van der Waals surface area contributed by atoms with Crippen molar-refractivity contribution >= 4 is 23.3 Å². The van der Waals surface area contributed by atoms with Crippen LogP contribution in [0.3, 0.4) is 0 Å². The first kappa shape index (κ1) is 19.4. The Labute approximate surface area is 164 Å². The summed E-state index contributed by atoms with van der Waals surface area (Å²) in [6, 6.07) is 18.6. The molecule has 1 atom stereocenters. The molecule has 1 aromatic heterocycles. The number of anilines is 2. The topological polar surface area (TPSA) is 76.0 Å². The van der Waals surface area contributed by atoms with Gasteiger partial charge in [0.1, 0.15) is 5.82 Å². The molecule has 0 radical (unpaired) electrons. The summed E-state index contributed by atoms with van der Waals surface area (Å²) in [5.41, 5.74) is 2.15. The zero-order valence-electron chi connectivity index (χ0n) is 16.2. The van der Waals surface area contributed by atoms with E-state index < -0.39 is 0 Å². The molecule has 6 nitrogen and oxygen atoms in total. The Bertz CT molecular complexity index is 963. The number of rotatable bonds is 6. The average Bonchev–Trinajstić information content (AvgIpc) is 3.16. The number of hydrogen-bond donors (Lipinski definition) is 2. The molecule has 0 bridgehead atoms. The lowest BCUT2D eigenvalue weighted by Crippen LogP contribution is -2.20. The minimum Gasteiger partial charge on any atom is -0.326 e. The van der Waals surface area contributed by atoms with E-state index in [4.69, 9.17) is 0 Å². The van der Waals surface area contributed by atoms with E-state index in [0.717, 1.165) is 5.56 Å². The van der Waals surface area contributed by atoms with Gasteiger partial charge in [0.2, 0.25) is 5.91 Å². The van der Waals surface area contributed by atoms with Crippen LogP contribution in [0.25, 0.3) is 0 Å². The smallest absolute Gasteiger partial charge is 0.256 e. The zero-order valence-corrected chi connectivity index (χ0v) is 16.2. The number of carbonyl (C=O) groups excluding carboxylic acids is 2. The van der Waals surface area contributed by atoms with Crippen LogP contribution in [0.1, 0.15) is 42.7 Å². The third kappa shape index (κ3) is 4.46. The molecule has 3 rings (SSSR count). The Kier molecular flexibility index (Phi) is 5.89. The van der Waals surface area contributed by atoms with Crippen LogP contribution in [0.5, 0.6) is 0 Å². The molecule has 0 fully saturated rings. The van der Waals surface area contributed by atoms with Gasteiger partial charge in [-0.3, -0.25) is 9.59 Å². The molecule has 28 heavy (non-hydrogen) atoms. The van der Waals surface area contributed by atoms with Gasteiger partial charge >= 0.3 is 0 Å². The lowest BCUT2D eigenvalue weighted by Gasteiger charge is -2.16. The molecule has 0 spiro atoms. The number of carbonyl (C=O) groups is 2. The average molecular weight is 376 g/mol. The maximum absolute atomic E-state index is 12.7. The van der Waals surface area contributed by atoms with E-state index in [1.54, 1.807) is 41.2 Å². The summed E-state index contributed by atoms with van der Waals surface area (Å²) in [6.07, 6.45) is 1.66. The van der Waals surface area contributed by atoms with Gasteiger partial charge in [0.25, 0.3) is 5.91 Å². The summed E-state index contributed by atoms with van der Waals surface area (Å²) in [5.74, 6) is 0.124. The summed E-state index contributed by atoms with van der Waals surface area (Å²) in [7, 11) is 0. The molecule has 2 amide bonds. The second-order valence-electron chi connectivity index (χ2n) is 6.93. The van der Waals surface area contributed by atoms with Crippen LogP contribution in [0, 0.1) is 5.92 Å². The SMILES string of the molecule is CC(C)C(=O)Nc1cccc(C(=O)Nc2ccnn2C(C)c2ccccc2)c1. The fraction of sp³-hybridized carbons (Fsp3) is 0.227. The summed E-state index contributed by atoms with van der Waals surface area (Å²) in [4.78, 5) is 24.6. The zero-order chi connectivity index (χ0) is 20.1. The van der Waals surface area contributed by atoms with E-state index in [2.05, 4.69) is 15.7 Å². The van der Waals surface area contributed by atoms with E-state index >= 15 is 0 Å². The van der Waals surface area contributed by atoms with Gasteiger partial charge in [0.15, 0.2) is 0 Å². The van der Waals surface area contributed by atoms with Gasteiger partial charge in [0, 0.05) is 23.2 Å². The normalized spacial score (nSPS) is 11.9. The quantitative estimate of drug-likeness (QED) is 0.672. The van der Waals surface area contributed by atoms with Crippen molar-refractivity contribution < 1.29 is 9.59 Å². The Morgan fingerprint density at radius 3 is 2.39 bits per heavy atom. The van der Waals surface area contributed by atoms with Crippen LogP contribution < -0.4 is 10.6 Å². The van der Waals surface area contributed by atoms with Gasteiger partial charge in [-0.05, 0) is 30.7 Å². The largest absolute Gasteiger partial charge is 0.326 e. The number of aromatic nitrogens is 2. The van der Waals surface area contributed by atoms with Crippen molar-refractivity contribution in [3.8, 4) is 0 Å². The molecule has 0 saturated carbocycles. The first-order valence-corrected chi connectivity index (χ1v) is 9.26. The molecule has 6 heteroatoms. The molecule has 0 saturated heterocycles. The molecule has 0 aliphatic heterocycles. The highest BCUT2D eigenvalue weighted by Gasteiger charge is 2.15. The van der Waals surface area contributed by atoms with Crippen molar-refractivity contribution in [3.05, 3.63) is 78.0 Å². The maximum atomic E-state index is 12.7. The van der Waals surface area contributed by atoms with E-state index in [0.29, 0.717) is 17.1 Å². The molecule has 2 N–H and O–H groups in total. The lowest BCUT2D eigenvalue weighted by molar-refractivity contribution is -0.118. The maximum Gasteiger partial charge on any atom is 0.256 e. The van der Waals surface area contributed by atoms with Crippen molar-refractivity contribution in [2.24, 2.45) is 5.92 Å². The van der Waals surface area contributed by atoms with Crippen LogP contribution in [0.2, 0.25) is 0 Å². The van der Waals surface area contributed by atoms with Crippen molar-refractivity contribution in [1.29, 1.82) is 0 Å². The molecule has 2 aromatic carbocycles. The molecule has 0 aliphatic rings. The monoisotopic (exact) mass is 376 g/mol. The number of amides is 2. The van der Waals surface area contributed by atoms with Crippen LogP contribution in [0.15, 0.2) is 66.9 Å². The first-order chi connectivity index (χ1) is 13.5. The molecule has 1 heterocycles. The summed E-state index contributed by atoms with van der Waals surface area (Å²) < 4.78 is 1.78. The highest BCUT2D eigenvalue weighted by molar-refractivity contribution is 6.05. The third-order valence-corrected chi connectivity index (χ3v) is 4.48. The Hall–Kier alpha value is -3.41. The van der Waals surface area contributed by atoms with Crippen molar-refractivity contribution in [2.45, 2.75) is 26.8 Å². The van der Waals surface area contributed by atoms with Crippen LogP contribution in [0.4, 0.5) is 11.5 Å². The standard InChI is InChI=1S/C22H24N4O2/c1-15(2)21(27)24-19-11-7-10-18(14-19)22(28)25-20-12-13-23-26(20)16(3)17-8-5-4-6-9-17/h4-16H,1-3H3,(H,24,27)(H,25,28). The van der Waals surface area contributed by atoms with Crippen LogP contribution >= 0.6 is 0 Å². The van der Waals surface area contributed by atoms with Crippen molar-refractivity contribution in [2.75, 3.05) is 10.6 Å². The van der Waals surface area contributed by atoms with Gasteiger partial charge in [-0.1, -0.05) is 50.2 Å². The van der Waals surface area contributed by atoms with Gasteiger partial charge in [-0.2, -0.15) is 5.10 Å². The molecular weight excluding hydrogens is 352 g/mol. The van der Waals surface area contributed by atoms with Crippen LogP contribution in [-0.2, 0) is 4.79 Å². The number of nitrogens with one attached hydrogen (secondary N) is 2. The Morgan fingerprint density at radius 1 is 0.929 bits per heavy atom. The van der Waals surface area contributed by atoms with E-state index in [1.165, 1.54) is 0 Å². The fourth-order valence-corrected chi connectivity index (χ4v) is 2.81. The van der Waals surface area contributed by atoms with Gasteiger partial charge in [-0.25, -0.2) is 4.68 Å². The summed E-state index contributed by atoms with van der Waals surface area (Å²) in [5, 5.41) is 10.1. The number of benzene rings is 2. The van der Waals surface area contributed by atoms with E-state index in [-0.39, 0.29) is 23.8 Å². The van der Waals surface area contributed by atoms with Gasteiger partial charge < -0.3 is 10.6 Å². The Morgan fingerprint density at radius 2 is 1.68 bits per heavy atom. The molecular formula is C22H24N4O2. The third-order valence-electron chi connectivity index (χ3n) is 4.48. The van der Waals surface area contributed by atoms with Gasteiger partial charge in [-0.15, -0.1) is 0 Å². The predicted octanol–water partition coefficient (Wildman–Crippen LogP) is 4.34. The number of hydrogen-bond acceptors (Lipinski definition) is 3. The lowest BCUT2D eigenvalue weighted by atomic mass is 10.1. The first-order valence-electron chi connectivity index (χ1n) is 9.26. The molecule has 1 unspecified atom stereocenters. The predicted molar refractivity (Wildman–Crippen MR) is 110 cm³/mol. The molecule has 144 valence electrons. The Balaban J connectivity index is 1.76. The summed E-state index contributed by atoms with van der Waals surface area (Å²) in [6.45, 7) is 5.67. The summed E-state index contributed by atoms with van der Waals surface area (Å²) >= 11 is 0. The molecule has 3 aromatic rings. The minimum atomic E-state index is -0.261. The van der Waals surface area contributed by atoms with Crippen LogP contribution in [-0.4, -0.2) is 21.6 Å². The second-order valence-corrected chi connectivity index (χ2v) is 6.93. The highest BCUT2D eigenvalue weighted by atomic mass is 16.2. The fourth-order valence-electron chi connectivity index (χ4n) is 2.81. The van der Waals surface area contributed by atoms with Crippen molar-refractivity contribution in [3.63, 3.8) is 0 Å². The van der Waals surface area contributed by atoms with E-state index in [9.17, 15) is 9.59 Å². The minimum absolute atomic E-state index is 0.0248.